The fraction of sp³-hybridized carbons (Fsp3) is 0.385. The van der Waals surface area contributed by atoms with Crippen molar-refractivity contribution in [1.82, 2.24) is 0 Å². The molecule has 6 heteroatoms. The summed E-state index contributed by atoms with van der Waals surface area (Å²) in [5.41, 5.74) is -0.352. The first kappa shape index (κ1) is 13.3. The third-order valence-electron chi connectivity index (χ3n) is 3.39. The maximum Gasteiger partial charge on any atom is 0.308 e. The molecule has 1 aromatic rings. The van der Waals surface area contributed by atoms with Crippen molar-refractivity contribution in [3.05, 3.63) is 29.3 Å². The van der Waals surface area contributed by atoms with Gasteiger partial charge in [-0.2, -0.15) is 5.26 Å². The summed E-state index contributed by atoms with van der Waals surface area (Å²) in [5.74, 6) is -3.48. The van der Waals surface area contributed by atoms with E-state index in [-0.39, 0.29) is 30.3 Å². The number of carbonyl (C=O) groups is 1. The van der Waals surface area contributed by atoms with Crippen molar-refractivity contribution in [3.63, 3.8) is 0 Å². The van der Waals surface area contributed by atoms with Gasteiger partial charge in [0.2, 0.25) is 0 Å². The Bertz CT molecular complexity index is 545. The smallest absolute Gasteiger partial charge is 0.308 e. The molecule has 1 aliphatic heterocycles. The van der Waals surface area contributed by atoms with Crippen molar-refractivity contribution >= 4 is 11.7 Å². The lowest BCUT2D eigenvalue weighted by molar-refractivity contribution is -0.142. The van der Waals surface area contributed by atoms with Crippen molar-refractivity contribution in [2.24, 2.45) is 11.8 Å². The zero-order chi connectivity index (χ0) is 14.2. The number of rotatable bonds is 2. The normalized spacial score (nSPS) is 22.3. The third-order valence-corrected chi connectivity index (χ3v) is 3.39. The molecule has 0 aromatic heterocycles. The van der Waals surface area contributed by atoms with E-state index in [1.54, 1.807) is 13.0 Å². The minimum absolute atomic E-state index is 0.0657. The molecule has 1 N–H and O–H groups in total. The summed E-state index contributed by atoms with van der Waals surface area (Å²) in [6.45, 7) is 2.07. The van der Waals surface area contributed by atoms with Gasteiger partial charge in [0.1, 0.15) is 5.69 Å². The van der Waals surface area contributed by atoms with Gasteiger partial charge in [0.25, 0.3) is 0 Å². The van der Waals surface area contributed by atoms with Crippen LogP contribution in [0.3, 0.4) is 0 Å². The molecule has 2 rings (SSSR count). The van der Waals surface area contributed by atoms with E-state index in [0.29, 0.717) is 0 Å². The Morgan fingerprint density at radius 1 is 1.42 bits per heavy atom. The molecule has 2 atom stereocenters. The average molecular weight is 266 g/mol. The van der Waals surface area contributed by atoms with E-state index in [4.69, 9.17) is 10.4 Å². The van der Waals surface area contributed by atoms with Gasteiger partial charge >= 0.3 is 5.97 Å². The van der Waals surface area contributed by atoms with Crippen molar-refractivity contribution in [1.29, 1.82) is 5.26 Å². The summed E-state index contributed by atoms with van der Waals surface area (Å²) < 4.78 is 27.6. The third kappa shape index (κ3) is 2.36. The minimum Gasteiger partial charge on any atom is -0.481 e. The van der Waals surface area contributed by atoms with Gasteiger partial charge in [0, 0.05) is 13.1 Å². The lowest BCUT2D eigenvalue weighted by atomic mass is 9.99. The molecule has 0 saturated carbocycles. The van der Waals surface area contributed by atoms with E-state index in [2.05, 4.69) is 0 Å². The molecule has 4 nitrogen and oxygen atoms in total. The fourth-order valence-electron chi connectivity index (χ4n) is 2.40. The van der Waals surface area contributed by atoms with Crippen LogP contribution >= 0.6 is 0 Å². The first-order chi connectivity index (χ1) is 8.93. The van der Waals surface area contributed by atoms with Gasteiger partial charge < -0.3 is 10.0 Å². The van der Waals surface area contributed by atoms with Gasteiger partial charge in [0.05, 0.1) is 17.6 Å². The number of benzene rings is 1. The highest BCUT2D eigenvalue weighted by atomic mass is 19.1. The Balaban J connectivity index is 2.35. The molecule has 2 unspecified atom stereocenters. The molecule has 1 saturated heterocycles. The lowest BCUT2D eigenvalue weighted by Gasteiger charge is -2.19. The molecular weight excluding hydrogens is 254 g/mol. The lowest BCUT2D eigenvalue weighted by Crippen LogP contribution is -2.24. The number of aliphatic carboxylic acids is 1. The predicted molar refractivity (Wildman–Crippen MR) is 63.6 cm³/mol. The molecule has 0 aliphatic carbocycles. The molecule has 1 fully saturated rings. The van der Waals surface area contributed by atoms with E-state index in [1.165, 1.54) is 4.90 Å². The van der Waals surface area contributed by atoms with Crippen molar-refractivity contribution in [2.45, 2.75) is 6.92 Å². The monoisotopic (exact) mass is 266 g/mol. The maximum atomic E-state index is 13.8. The van der Waals surface area contributed by atoms with E-state index in [0.717, 1.165) is 12.1 Å². The van der Waals surface area contributed by atoms with Crippen LogP contribution in [-0.4, -0.2) is 24.2 Å². The second kappa shape index (κ2) is 4.84. The molecule has 100 valence electrons. The fourth-order valence-corrected chi connectivity index (χ4v) is 2.40. The zero-order valence-electron chi connectivity index (χ0n) is 10.2. The van der Waals surface area contributed by atoms with Gasteiger partial charge in [-0.1, -0.05) is 6.92 Å². The van der Waals surface area contributed by atoms with Gasteiger partial charge in [-0.05, 0) is 18.1 Å². The number of hydrogen-bond acceptors (Lipinski definition) is 3. The van der Waals surface area contributed by atoms with Crippen LogP contribution in [0.1, 0.15) is 12.5 Å². The van der Waals surface area contributed by atoms with Crippen LogP contribution in [-0.2, 0) is 4.79 Å². The minimum atomic E-state index is -0.968. The van der Waals surface area contributed by atoms with Crippen LogP contribution in [0, 0.1) is 34.8 Å². The second-order valence-electron chi connectivity index (χ2n) is 4.73. The number of carboxylic acid groups (broad SMARTS) is 1. The second-order valence-corrected chi connectivity index (χ2v) is 4.73. The van der Waals surface area contributed by atoms with Crippen LogP contribution in [0.15, 0.2) is 12.1 Å². The number of anilines is 1. The molecular formula is C13H12F2N2O2. The van der Waals surface area contributed by atoms with Crippen molar-refractivity contribution in [2.75, 3.05) is 18.0 Å². The average Bonchev–Trinajstić information content (AvgIpc) is 2.70. The standard InChI is InChI=1S/C13H12F2N2O2/c1-7-5-17(6-9(7)13(18)19)12-10(14)2-8(4-16)3-11(12)15/h2-3,7,9H,5-6H2,1H3,(H,18,19). The number of carboxylic acids is 1. The van der Waals surface area contributed by atoms with Crippen LogP contribution in [0.5, 0.6) is 0 Å². The quantitative estimate of drug-likeness (QED) is 0.889. The Hall–Kier alpha value is -2.16. The highest BCUT2D eigenvalue weighted by Crippen LogP contribution is 2.32. The summed E-state index contributed by atoms with van der Waals surface area (Å²) in [5, 5.41) is 17.6. The van der Waals surface area contributed by atoms with Crippen LogP contribution in [0.4, 0.5) is 14.5 Å². The first-order valence-corrected chi connectivity index (χ1v) is 5.81. The molecule has 1 heterocycles. The van der Waals surface area contributed by atoms with Crippen LogP contribution in [0.2, 0.25) is 0 Å². The van der Waals surface area contributed by atoms with E-state index in [9.17, 15) is 13.6 Å². The molecule has 0 spiro atoms. The molecule has 1 aromatic carbocycles. The molecule has 0 bridgehead atoms. The summed E-state index contributed by atoms with van der Waals surface area (Å²) in [7, 11) is 0. The predicted octanol–water partition coefficient (Wildman–Crippen LogP) is 1.99. The number of hydrogen-bond donors (Lipinski definition) is 1. The van der Waals surface area contributed by atoms with Gasteiger partial charge in [-0.3, -0.25) is 4.79 Å². The van der Waals surface area contributed by atoms with Gasteiger partial charge in [-0.15, -0.1) is 0 Å². The van der Waals surface area contributed by atoms with Gasteiger partial charge in [0.15, 0.2) is 11.6 Å². The zero-order valence-corrected chi connectivity index (χ0v) is 10.2. The Kier molecular flexibility index (Phi) is 3.38. The van der Waals surface area contributed by atoms with Crippen LogP contribution in [0.25, 0.3) is 0 Å². The summed E-state index contributed by atoms with van der Waals surface area (Å²) >= 11 is 0. The largest absolute Gasteiger partial charge is 0.481 e. The summed E-state index contributed by atoms with van der Waals surface area (Å²) in [4.78, 5) is 12.4. The number of nitrogens with zero attached hydrogens (tertiary/aromatic N) is 2. The van der Waals surface area contributed by atoms with Crippen molar-refractivity contribution in [3.8, 4) is 6.07 Å². The number of halogens is 2. The topological polar surface area (TPSA) is 64.3 Å². The maximum absolute atomic E-state index is 13.8. The molecule has 19 heavy (non-hydrogen) atoms. The van der Waals surface area contributed by atoms with Gasteiger partial charge in [-0.25, -0.2) is 8.78 Å². The highest BCUT2D eigenvalue weighted by Gasteiger charge is 2.36. The first-order valence-electron chi connectivity index (χ1n) is 5.81. The molecule has 1 aliphatic rings. The number of nitriles is 1. The molecule has 0 amide bonds. The Labute approximate surface area is 108 Å². The van der Waals surface area contributed by atoms with E-state index in [1.807, 2.05) is 0 Å². The SMILES string of the molecule is CC1CN(c2c(F)cc(C#N)cc2F)CC1C(=O)O. The van der Waals surface area contributed by atoms with Crippen LogP contribution < -0.4 is 4.90 Å². The van der Waals surface area contributed by atoms with E-state index >= 15 is 0 Å². The van der Waals surface area contributed by atoms with Crippen molar-refractivity contribution < 1.29 is 18.7 Å². The summed E-state index contributed by atoms with van der Waals surface area (Å²) in [6, 6.07) is 3.58. The summed E-state index contributed by atoms with van der Waals surface area (Å²) in [6.07, 6.45) is 0. The Morgan fingerprint density at radius 2 is 2.00 bits per heavy atom. The molecule has 0 radical (unpaired) electrons. The Morgan fingerprint density at radius 3 is 2.42 bits per heavy atom. The highest BCUT2D eigenvalue weighted by molar-refractivity contribution is 5.72. The van der Waals surface area contributed by atoms with E-state index < -0.39 is 23.5 Å².